The maximum absolute atomic E-state index is 14.0. The molecule has 0 aliphatic carbocycles. The van der Waals surface area contributed by atoms with E-state index >= 15 is 0 Å². The third kappa shape index (κ3) is 28.2. The molecule has 0 radical (unpaired) electrons. The number of alkyl carbamates (subject to hydrolysis) is 1. The number of carbonyl (C=O) groups excluding carboxylic acids is 5. The Morgan fingerprint density at radius 2 is 0.969 bits per heavy atom. The Morgan fingerprint density at radius 3 is 1.42 bits per heavy atom. The molecule has 368 valence electrons. The Balaban J connectivity index is 3.27. The summed E-state index contributed by atoms with van der Waals surface area (Å²) in [6, 6.07) is 7.29. The second kappa shape index (κ2) is 25.9. The minimum atomic E-state index is -1.00. The molecule has 18 heteroatoms. The van der Waals surface area contributed by atoms with Crippen molar-refractivity contribution in [2.24, 2.45) is 9.98 Å². The largest absolute Gasteiger partial charge is 0.494 e. The van der Waals surface area contributed by atoms with E-state index in [1.807, 2.05) is 24.3 Å². The van der Waals surface area contributed by atoms with E-state index in [2.05, 4.69) is 20.6 Å². The fourth-order valence-electron chi connectivity index (χ4n) is 5.37. The standard InChI is InChI=1S/C47H79N7O11/c1-33(48)34-25-27-35(28-26-34)60-32-24-20-23-31-54(42(59)65-47(14,15)16)37(52-40(57)63-45(8,9)10)53(41(58)64-46(11,12)13)30-22-19-17-18-21-29-49-36(50-38(55)61-43(2,3)4)51-39(56)62-44(5,6)7/h25-28,48H,17-24,29-32H2,1-16H3,(H2,49,50,51,55,56)/b48-33?,52-37-. The fraction of sp³-hybridized carbons (Fsp3) is 0.702. The number of rotatable bonds is 16. The molecule has 0 aliphatic rings. The summed E-state index contributed by atoms with van der Waals surface area (Å²) >= 11 is 0. The molecule has 1 aromatic rings. The van der Waals surface area contributed by atoms with Crippen molar-refractivity contribution >= 4 is 48.1 Å². The minimum Gasteiger partial charge on any atom is -0.494 e. The van der Waals surface area contributed by atoms with Crippen LogP contribution in [0.3, 0.4) is 0 Å². The molecule has 0 aromatic heterocycles. The van der Waals surface area contributed by atoms with E-state index in [1.54, 1.807) is 111 Å². The van der Waals surface area contributed by atoms with E-state index in [0.29, 0.717) is 76.0 Å². The molecule has 0 fully saturated rings. The molecule has 0 saturated heterocycles. The normalized spacial score (nSPS) is 12.7. The van der Waals surface area contributed by atoms with Gasteiger partial charge in [0.05, 0.1) is 6.61 Å². The molecule has 3 N–H and O–H groups in total. The average Bonchev–Trinajstić information content (AvgIpc) is 3.09. The van der Waals surface area contributed by atoms with Crippen LogP contribution in [0.4, 0.5) is 24.0 Å². The van der Waals surface area contributed by atoms with Gasteiger partial charge in [-0.05, 0) is 173 Å². The number of guanidine groups is 2. The number of aliphatic imine (C=N–C) groups is 2. The molecule has 1 rings (SSSR count). The Morgan fingerprint density at radius 1 is 0.554 bits per heavy atom. The van der Waals surface area contributed by atoms with Gasteiger partial charge >= 0.3 is 30.5 Å². The highest BCUT2D eigenvalue weighted by molar-refractivity contribution is 6.05. The molecule has 1 aromatic carbocycles. The lowest BCUT2D eigenvalue weighted by molar-refractivity contribution is 0.0270. The zero-order valence-electron chi connectivity index (χ0n) is 42.1. The van der Waals surface area contributed by atoms with Gasteiger partial charge in [-0.25, -0.2) is 33.8 Å². The zero-order valence-corrected chi connectivity index (χ0v) is 42.1. The van der Waals surface area contributed by atoms with Crippen LogP contribution in [0.2, 0.25) is 0 Å². The predicted octanol–water partition coefficient (Wildman–Crippen LogP) is 10.7. The summed E-state index contributed by atoms with van der Waals surface area (Å²) < 4.78 is 33.7. The number of ether oxygens (including phenoxy) is 6. The quantitative estimate of drug-likeness (QED) is 0.0610. The maximum atomic E-state index is 14.0. The monoisotopic (exact) mass is 918 g/mol. The van der Waals surface area contributed by atoms with E-state index in [0.717, 1.165) is 5.56 Å². The van der Waals surface area contributed by atoms with Crippen molar-refractivity contribution in [3.05, 3.63) is 29.8 Å². The van der Waals surface area contributed by atoms with Gasteiger partial charge in [0, 0.05) is 25.3 Å². The van der Waals surface area contributed by atoms with Gasteiger partial charge in [-0.3, -0.25) is 5.32 Å². The van der Waals surface area contributed by atoms with Gasteiger partial charge in [-0.1, -0.05) is 19.3 Å². The first-order valence-electron chi connectivity index (χ1n) is 22.4. The lowest BCUT2D eigenvalue weighted by Gasteiger charge is -2.34. The third-order valence-corrected chi connectivity index (χ3v) is 7.94. The van der Waals surface area contributed by atoms with E-state index in [1.165, 1.54) is 9.80 Å². The molecule has 0 spiro atoms. The molecule has 0 atom stereocenters. The molecule has 18 nitrogen and oxygen atoms in total. The summed E-state index contributed by atoms with van der Waals surface area (Å²) in [5, 5.41) is 13.2. The van der Waals surface area contributed by atoms with Crippen molar-refractivity contribution in [2.75, 3.05) is 26.2 Å². The highest BCUT2D eigenvalue weighted by Gasteiger charge is 2.35. The number of carbonyl (C=O) groups is 5. The third-order valence-electron chi connectivity index (χ3n) is 7.94. The Labute approximate surface area is 387 Å². The highest BCUT2D eigenvalue weighted by Crippen LogP contribution is 2.20. The second-order valence-corrected chi connectivity index (χ2v) is 20.5. The van der Waals surface area contributed by atoms with Crippen LogP contribution >= 0.6 is 0 Å². The van der Waals surface area contributed by atoms with E-state index in [-0.39, 0.29) is 25.0 Å². The number of nitrogens with zero attached hydrogens (tertiary/aromatic N) is 4. The van der Waals surface area contributed by atoms with Gasteiger partial charge in [0.25, 0.3) is 0 Å². The highest BCUT2D eigenvalue weighted by atomic mass is 16.6. The van der Waals surface area contributed by atoms with E-state index in [4.69, 9.17) is 33.8 Å². The molecular formula is C47H79N7O11. The van der Waals surface area contributed by atoms with Crippen LogP contribution in [0.15, 0.2) is 34.3 Å². The van der Waals surface area contributed by atoms with E-state index < -0.39 is 58.5 Å². The van der Waals surface area contributed by atoms with Gasteiger partial charge in [-0.15, -0.1) is 9.98 Å². The lowest BCUT2D eigenvalue weighted by atomic mass is 10.1. The molecule has 5 amide bonds. The first-order chi connectivity index (χ1) is 29.7. The van der Waals surface area contributed by atoms with Crippen molar-refractivity contribution < 1.29 is 52.4 Å². The van der Waals surface area contributed by atoms with Crippen LogP contribution in [0.5, 0.6) is 5.75 Å². The SMILES string of the molecule is CC(=N)c1ccc(OCCCCCN(C(=O)OC(C)(C)C)/C(=N\C(=O)OC(C)(C)C)N(CCCCCCCN/C(=N\C(=O)OC(C)(C)C)NC(=O)OC(C)(C)C)C(=O)OC(C)(C)C)cc1. The summed E-state index contributed by atoms with van der Waals surface area (Å²) in [5.74, 6) is 0.287. The number of amides is 5. The Kier molecular flexibility index (Phi) is 23.0. The molecule has 65 heavy (non-hydrogen) atoms. The predicted molar refractivity (Wildman–Crippen MR) is 252 cm³/mol. The number of unbranched alkanes of at least 4 members (excludes halogenated alkanes) is 6. The average molecular weight is 918 g/mol. The molecular weight excluding hydrogens is 839 g/mol. The van der Waals surface area contributed by atoms with Crippen LogP contribution < -0.4 is 15.4 Å². The van der Waals surface area contributed by atoms with E-state index in [9.17, 15) is 24.0 Å². The summed E-state index contributed by atoms with van der Waals surface area (Å²) in [7, 11) is 0. The summed E-state index contributed by atoms with van der Waals surface area (Å²) in [6.07, 6.45) is 0.508. The van der Waals surface area contributed by atoms with Gasteiger partial charge < -0.3 is 39.1 Å². The summed E-state index contributed by atoms with van der Waals surface area (Å²) in [5.41, 5.74) is -3.08. The fourth-order valence-corrected chi connectivity index (χ4v) is 5.37. The molecule has 0 aliphatic heterocycles. The van der Waals surface area contributed by atoms with Crippen LogP contribution in [-0.4, -0.2) is 112 Å². The maximum Gasteiger partial charge on any atom is 0.437 e. The minimum absolute atomic E-state index is 0.0325. The first-order valence-corrected chi connectivity index (χ1v) is 22.4. The van der Waals surface area contributed by atoms with Crippen molar-refractivity contribution in [1.29, 1.82) is 5.41 Å². The lowest BCUT2D eigenvalue weighted by Crippen LogP contribution is -2.53. The van der Waals surface area contributed by atoms with Crippen LogP contribution in [0.1, 0.15) is 168 Å². The van der Waals surface area contributed by atoms with Crippen molar-refractivity contribution in [3.8, 4) is 5.75 Å². The van der Waals surface area contributed by atoms with Crippen molar-refractivity contribution in [1.82, 2.24) is 20.4 Å². The number of benzene rings is 1. The number of nitrogens with one attached hydrogen (secondary N) is 3. The Bertz CT molecular complexity index is 1780. The first kappa shape index (κ1) is 57.6. The molecule has 0 unspecified atom stereocenters. The zero-order chi connectivity index (χ0) is 49.8. The Hall–Kier alpha value is -5.42. The van der Waals surface area contributed by atoms with Crippen LogP contribution in [-0.2, 0) is 23.7 Å². The smallest absolute Gasteiger partial charge is 0.437 e. The molecule has 0 heterocycles. The summed E-state index contributed by atoms with van der Waals surface area (Å²) in [6.45, 7) is 28.2. The van der Waals surface area contributed by atoms with Gasteiger partial charge in [0.2, 0.25) is 11.9 Å². The number of hydrogen-bond acceptors (Lipinski definition) is 12. The molecule has 0 bridgehead atoms. The molecule has 0 saturated carbocycles. The number of hydrogen-bond donors (Lipinski definition) is 3. The summed E-state index contributed by atoms with van der Waals surface area (Å²) in [4.78, 5) is 76.9. The van der Waals surface area contributed by atoms with Crippen LogP contribution in [0.25, 0.3) is 0 Å². The topological polar surface area (TPSA) is 220 Å². The van der Waals surface area contributed by atoms with Gasteiger partial charge in [0.15, 0.2) is 0 Å². The van der Waals surface area contributed by atoms with Crippen molar-refractivity contribution in [3.63, 3.8) is 0 Å². The van der Waals surface area contributed by atoms with Crippen LogP contribution in [0, 0.1) is 5.41 Å². The second-order valence-electron chi connectivity index (χ2n) is 20.5. The van der Waals surface area contributed by atoms with Crippen molar-refractivity contribution in [2.45, 2.75) is 190 Å². The van der Waals surface area contributed by atoms with Gasteiger partial charge in [-0.2, -0.15) is 0 Å². The van der Waals surface area contributed by atoms with Gasteiger partial charge in [0.1, 0.15) is 33.8 Å².